The molecule has 5 aliphatic carbocycles. The van der Waals surface area contributed by atoms with Crippen LogP contribution in [-0.4, -0.2) is 29.6 Å². The number of aryl methyl sites for hydroxylation is 1. The van der Waals surface area contributed by atoms with Gasteiger partial charge in [-0.1, -0.05) is 24.3 Å². The molecular weight excluding hydrogens is 306 g/mol. The number of hydrogen-bond donors (Lipinski definition) is 0. The van der Waals surface area contributed by atoms with Crippen LogP contribution >= 0.6 is 0 Å². The van der Waals surface area contributed by atoms with Crippen LogP contribution in [0.5, 0.6) is 5.75 Å². The fourth-order valence-electron chi connectivity index (χ4n) is 7.86. The molecular formula is C23H27NO. The van der Waals surface area contributed by atoms with Crippen molar-refractivity contribution in [3.05, 3.63) is 41.0 Å². The lowest BCUT2D eigenvalue weighted by atomic mass is 9.40. The van der Waals surface area contributed by atoms with Crippen LogP contribution in [0.15, 0.2) is 24.3 Å². The van der Waals surface area contributed by atoms with E-state index in [0.29, 0.717) is 16.9 Å². The molecule has 5 unspecified atom stereocenters. The Hall–Kier alpha value is -1.28. The van der Waals surface area contributed by atoms with Gasteiger partial charge >= 0.3 is 0 Å². The third-order valence-electron chi connectivity index (χ3n) is 8.88. The quantitative estimate of drug-likeness (QED) is 0.759. The molecule has 25 heavy (non-hydrogen) atoms. The van der Waals surface area contributed by atoms with Crippen molar-refractivity contribution in [2.45, 2.75) is 69.6 Å². The van der Waals surface area contributed by atoms with Crippen LogP contribution in [0, 0.1) is 24.2 Å². The van der Waals surface area contributed by atoms with E-state index < -0.39 is 0 Å². The average Bonchev–Trinajstić information content (AvgIpc) is 3.35. The highest BCUT2D eigenvalue weighted by Gasteiger charge is 2.77. The normalized spacial score (nSPS) is 46.2. The Bertz CT molecular complexity index is 839. The summed E-state index contributed by atoms with van der Waals surface area (Å²) in [4.78, 5) is 2.94. The Morgan fingerprint density at radius 3 is 3.00 bits per heavy atom. The first-order valence-electron chi connectivity index (χ1n) is 10.4. The summed E-state index contributed by atoms with van der Waals surface area (Å²) in [5.41, 5.74) is 5.35. The molecule has 1 aromatic rings. The fourth-order valence-corrected chi connectivity index (χ4v) is 7.86. The number of rotatable bonds is 2. The van der Waals surface area contributed by atoms with Gasteiger partial charge in [-0.15, -0.1) is 0 Å². The monoisotopic (exact) mass is 333 g/mol. The summed E-state index contributed by atoms with van der Waals surface area (Å²) in [6.07, 6.45) is 12.1. The van der Waals surface area contributed by atoms with Crippen molar-refractivity contribution in [1.29, 1.82) is 0 Å². The second kappa shape index (κ2) is 4.01. The van der Waals surface area contributed by atoms with Crippen molar-refractivity contribution in [3.63, 3.8) is 0 Å². The number of hydrogen-bond acceptors (Lipinski definition) is 2. The van der Waals surface area contributed by atoms with Crippen LogP contribution in [0.3, 0.4) is 0 Å². The zero-order chi connectivity index (χ0) is 16.6. The smallest absolute Gasteiger partial charge is 0.126 e. The van der Waals surface area contributed by atoms with E-state index in [4.69, 9.17) is 4.74 Å². The highest BCUT2D eigenvalue weighted by Crippen LogP contribution is 2.75. The largest absolute Gasteiger partial charge is 0.489 e. The maximum atomic E-state index is 6.66. The van der Waals surface area contributed by atoms with E-state index in [2.05, 4.69) is 43.0 Å². The molecule has 0 radical (unpaired) electrons. The lowest BCUT2D eigenvalue weighted by Gasteiger charge is -2.61. The molecule has 2 aliphatic heterocycles. The number of ether oxygens (including phenoxy) is 1. The molecule has 7 aliphatic rings. The van der Waals surface area contributed by atoms with E-state index in [1.807, 2.05) is 0 Å². The highest BCUT2D eigenvalue weighted by atomic mass is 16.5. The van der Waals surface area contributed by atoms with E-state index in [0.717, 1.165) is 30.3 Å². The van der Waals surface area contributed by atoms with Crippen LogP contribution in [0.2, 0.25) is 0 Å². The van der Waals surface area contributed by atoms with Gasteiger partial charge in [-0.2, -0.15) is 0 Å². The van der Waals surface area contributed by atoms with Crippen LogP contribution in [0.1, 0.15) is 49.3 Å². The Kier molecular flexibility index (Phi) is 2.22. The molecule has 6 atom stereocenters. The van der Waals surface area contributed by atoms with Gasteiger partial charge in [0.1, 0.15) is 11.9 Å². The number of benzene rings is 1. The second-order valence-electron chi connectivity index (χ2n) is 9.94. The summed E-state index contributed by atoms with van der Waals surface area (Å²) < 4.78 is 6.66. The van der Waals surface area contributed by atoms with Gasteiger partial charge in [0.25, 0.3) is 0 Å². The van der Waals surface area contributed by atoms with Gasteiger partial charge in [0.05, 0.1) is 0 Å². The number of likely N-dealkylation sites (tertiary alicyclic amines) is 1. The molecule has 0 aromatic heterocycles. The fraction of sp³-hybridized carbons (Fsp3) is 0.652. The first-order chi connectivity index (χ1) is 12.1. The lowest BCUT2D eigenvalue weighted by Crippen LogP contribution is -2.65. The minimum absolute atomic E-state index is 0.321. The minimum atomic E-state index is 0.321. The van der Waals surface area contributed by atoms with E-state index in [1.54, 1.807) is 11.1 Å². The van der Waals surface area contributed by atoms with Gasteiger partial charge in [0, 0.05) is 41.4 Å². The van der Waals surface area contributed by atoms with Crippen LogP contribution < -0.4 is 4.74 Å². The molecule has 1 aromatic carbocycles. The molecule has 1 saturated heterocycles. The van der Waals surface area contributed by atoms with Crippen molar-refractivity contribution in [1.82, 2.24) is 4.90 Å². The summed E-state index contributed by atoms with van der Waals surface area (Å²) >= 11 is 0. The summed E-state index contributed by atoms with van der Waals surface area (Å²) in [5, 5.41) is 0. The molecule has 8 rings (SSSR count). The topological polar surface area (TPSA) is 12.5 Å². The summed E-state index contributed by atoms with van der Waals surface area (Å²) in [5.74, 6) is 3.02. The van der Waals surface area contributed by atoms with Gasteiger partial charge in [-0.05, 0) is 62.5 Å². The highest BCUT2D eigenvalue weighted by molar-refractivity contribution is 5.61. The van der Waals surface area contributed by atoms with E-state index in [9.17, 15) is 0 Å². The average molecular weight is 333 g/mol. The van der Waals surface area contributed by atoms with E-state index in [1.165, 1.54) is 43.5 Å². The maximum absolute atomic E-state index is 6.66. The molecule has 0 amide bonds. The van der Waals surface area contributed by atoms with Crippen LogP contribution in [0.25, 0.3) is 0 Å². The molecule has 2 bridgehead atoms. The van der Waals surface area contributed by atoms with Gasteiger partial charge in [-0.3, -0.25) is 4.90 Å². The van der Waals surface area contributed by atoms with Crippen LogP contribution in [-0.2, 0) is 11.8 Å². The van der Waals surface area contributed by atoms with Crippen molar-refractivity contribution in [2.24, 2.45) is 17.3 Å². The van der Waals surface area contributed by atoms with Crippen molar-refractivity contribution >= 4 is 0 Å². The minimum Gasteiger partial charge on any atom is -0.489 e. The third-order valence-corrected chi connectivity index (χ3v) is 8.88. The summed E-state index contributed by atoms with van der Waals surface area (Å²) in [6, 6.07) is 6.24. The van der Waals surface area contributed by atoms with Gasteiger partial charge < -0.3 is 4.74 Å². The van der Waals surface area contributed by atoms with E-state index in [-0.39, 0.29) is 0 Å². The Morgan fingerprint density at radius 2 is 2.16 bits per heavy atom. The number of fused-ring (bicyclic) bond motifs is 1. The Morgan fingerprint density at radius 1 is 1.28 bits per heavy atom. The van der Waals surface area contributed by atoms with Crippen molar-refractivity contribution < 1.29 is 4.74 Å². The Balaban J connectivity index is 1.45. The second-order valence-corrected chi connectivity index (χ2v) is 9.94. The van der Waals surface area contributed by atoms with Crippen LogP contribution in [0.4, 0.5) is 0 Å². The predicted octanol–water partition coefficient (Wildman–Crippen LogP) is 4.00. The lowest BCUT2D eigenvalue weighted by molar-refractivity contribution is -0.0612. The van der Waals surface area contributed by atoms with Gasteiger partial charge in [0.2, 0.25) is 0 Å². The molecule has 2 spiro atoms. The van der Waals surface area contributed by atoms with Gasteiger partial charge in [-0.25, -0.2) is 0 Å². The summed E-state index contributed by atoms with van der Waals surface area (Å²) in [7, 11) is 0. The molecule has 2 heterocycles. The Labute approximate surface area is 150 Å². The molecule has 2 heteroatoms. The van der Waals surface area contributed by atoms with Gasteiger partial charge in [0.15, 0.2) is 0 Å². The molecule has 2 nitrogen and oxygen atoms in total. The molecule has 0 N–H and O–H groups in total. The van der Waals surface area contributed by atoms with E-state index >= 15 is 0 Å². The van der Waals surface area contributed by atoms with Crippen molar-refractivity contribution in [3.8, 4) is 5.75 Å². The SMILES string of the molecule is Cc1ccc2c3c1OC1CC=CC45CN([C@H](C)C6CC6)C(C2)C4C31C5. The zero-order valence-corrected chi connectivity index (χ0v) is 15.3. The molecule has 3 fully saturated rings. The first-order valence-corrected chi connectivity index (χ1v) is 10.4. The summed E-state index contributed by atoms with van der Waals surface area (Å²) in [6.45, 7) is 6.05. The molecule has 130 valence electrons. The predicted molar refractivity (Wildman–Crippen MR) is 98.0 cm³/mol. The molecule has 2 saturated carbocycles. The zero-order valence-electron chi connectivity index (χ0n) is 15.3. The standard InChI is InChI=1S/C23H27NO/c1-13-5-6-16-10-17-21-22(12-24(17)14(2)15-7-8-15)9-3-4-18-23(21,11-22)19(16)20(13)25-18/h3,5-6,9,14-15,17-18,21H,4,7-8,10-12H2,1-2H3/t14-,17?,18?,21?,22?,23?/m1/s1. The number of nitrogens with zero attached hydrogens (tertiary/aromatic N) is 1. The van der Waals surface area contributed by atoms with Crippen molar-refractivity contribution in [2.75, 3.05) is 6.54 Å². The first kappa shape index (κ1) is 13.9. The third kappa shape index (κ3) is 1.36. The maximum Gasteiger partial charge on any atom is 0.126 e.